The van der Waals surface area contributed by atoms with Crippen LogP contribution in [0.2, 0.25) is 0 Å². The van der Waals surface area contributed by atoms with Gasteiger partial charge in [0.05, 0.1) is 13.2 Å². The van der Waals surface area contributed by atoms with E-state index in [2.05, 4.69) is 25.2 Å². The zero-order valence-electron chi connectivity index (χ0n) is 8.93. The number of carbonyl (C=O) groups excluding carboxylic acids is 1. The number of piperazine rings is 1. The highest BCUT2D eigenvalue weighted by atomic mass is 16.5. The summed E-state index contributed by atoms with van der Waals surface area (Å²) in [6.07, 6.45) is -0.334. The van der Waals surface area contributed by atoms with Gasteiger partial charge in [-0.05, 0) is 0 Å². The van der Waals surface area contributed by atoms with Crippen molar-refractivity contribution in [2.75, 3.05) is 32.5 Å². The lowest BCUT2D eigenvalue weighted by Crippen LogP contribution is -2.48. The maximum absolute atomic E-state index is 11.4. The predicted octanol–water partition coefficient (Wildman–Crippen LogP) is -0.900. The Balaban J connectivity index is 2.04. The predicted molar refractivity (Wildman–Crippen MR) is 55.5 cm³/mol. The van der Waals surface area contributed by atoms with Gasteiger partial charge in [-0.25, -0.2) is 4.79 Å². The molecule has 0 saturated carbocycles. The number of nitrogens with zero attached hydrogens (tertiary/aromatic N) is 3. The van der Waals surface area contributed by atoms with E-state index >= 15 is 0 Å². The van der Waals surface area contributed by atoms with Crippen molar-refractivity contribution in [1.29, 1.82) is 0 Å². The Morgan fingerprint density at radius 2 is 2.50 bits per heavy atom. The van der Waals surface area contributed by atoms with Crippen molar-refractivity contribution < 1.29 is 9.53 Å². The molecule has 0 bridgehead atoms. The van der Waals surface area contributed by atoms with E-state index in [0.717, 1.165) is 0 Å². The van der Waals surface area contributed by atoms with E-state index in [1.807, 2.05) is 0 Å². The van der Waals surface area contributed by atoms with E-state index in [9.17, 15) is 4.79 Å². The summed E-state index contributed by atoms with van der Waals surface area (Å²) in [4.78, 5) is 17.0. The summed E-state index contributed by atoms with van der Waals surface area (Å²) in [7, 11) is 1.37. The number of nitrogens with one attached hydrogen (secondary N) is 2. The number of amides is 1. The lowest BCUT2D eigenvalue weighted by atomic mass is 10.2. The quantitative estimate of drug-likeness (QED) is 0.572. The number of anilines is 1. The van der Waals surface area contributed by atoms with Crippen LogP contribution in [0.1, 0.15) is 11.9 Å². The highest BCUT2D eigenvalue weighted by Gasteiger charge is 2.26. The van der Waals surface area contributed by atoms with E-state index < -0.39 is 0 Å². The van der Waals surface area contributed by atoms with E-state index in [0.29, 0.717) is 25.5 Å². The maximum Gasteiger partial charge on any atom is 0.409 e. The number of hydrogen-bond donors (Lipinski definition) is 3. The standard InChI is InChI=1S/C8H14N6O2/c1-16-8(15)14-3-2-10-5(4-14)6-11-7(9)13-12-6/h5,10H,2-4H2,1H3,(H3,9,11,12,13). The molecule has 0 aliphatic carbocycles. The van der Waals surface area contributed by atoms with Crippen LogP contribution in [0.5, 0.6) is 0 Å². The third-order valence-corrected chi connectivity index (χ3v) is 2.46. The lowest BCUT2D eigenvalue weighted by molar-refractivity contribution is 0.109. The summed E-state index contributed by atoms with van der Waals surface area (Å²) in [6, 6.07) is -0.0855. The maximum atomic E-state index is 11.4. The van der Waals surface area contributed by atoms with Crippen LogP contribution in [0.25, 0.3) is 0 Å². The van der Waals surface area contributed by atoms with E-state index in [-0.39, 0.29) is 18.1 Å². The van der Waals surface area contributed by atoms with Crippen molar-refractivity contribution in [3.05, 3.63) is 5.82 Å². The number of H-pyrrole nitrogens is 1. The molecule has 1 aromatic rings. The Hall–Kier alpha value is -1.83. The van der Waals surface area contributed by atoms with Gasteiger partial charge in [0, 0.05) is 19.6 Å². The number of ether oxygens (including phenoxy) is 1. The Bertz CT molecular complexity index is 378. The van der Waals surface area contributed by atoms with Crippen molar-refractivity contribution in [2.24, 2.45) is 0 Å². The second kappa shape index (κ2) is 4.35. The number of aromatic amines is 1. The molecule has 8 nitrogen and oxygen atoms in total. The molecule has 2 heterocycles. The molecule has 4 N–H and O–H groups in total. The van der Waals surface area contributed by atoms with Crippen molar-refractivity contribution >= 4 is 12.0 Å². The van der Waals surface area contributed by atoms with Gasteiger partial charge in [-0.15, -0.1) is 5.10 Å². The van der Waals surface area contributed by atoms with Gasteiger partial charge in [0.1, 0.15) is 5.82 Å². The van der Waals surface area contributed by atoms with Crippen LogP contribution in [0, 0.1) is 0 Å². The minimum absolute atomic E-state index is 0.0855. The van der Waals surface area contributed by atoms with Crippen molar-refractivity contribution in [2.45, 2.75) is 6.04 Å². The Morgan fingerprint density at radius 3 is 3.12 bits per heavy atom. The Kier molecular flexibility index (Phi) is 2.91. The largest absolute Gasteiger partial charge is 0.453 e. The lowest BCUT2D eigenvalue weighted by Gasteiger charge is -2.31. The summed E-state index contributed by atoms with van der Waals surface area (Å²) in [5.41, 5.74) is 5.42. The molecule has 1 atom stereocenters. The van der Waals surface area contributed by atoms with Gasteiger partial charge >= 0.3 is 6.09 Å². The Morgan fingerprint density at radius 1 is 1.69 bits per heavy atom. The first kappa shape index (κ1) is 10.7. The summed E-state index contributed by atoms with van der Waals surface area (Å²) in [6.45, 7) is 1.79. The normalized spacial score (nSPS) is 20.8. The number of carbonyl (C=O) groups is 1. The summed E-state index contributed by atoms with van der Waals surface area (Å²) in [5, 5.41) is 9.69. The zero-order valence-corrected chi connectivity index (χ0v) is 8.93. The minimum Gasteiger partial charge on any atom is -0.453 e. The zero-order chi connectivity index (χ0) is 11.5. The molecule has 16 heavy (non-hydrogen) atoms. The van der Waals surface area contributed by atoms with Crippen molar-refractivity contribution in [3.8, 4) is 0 Å². The monoisotopic (exact) mass is 226 g/mol. The minimum atomic E-state index is -0.334. The topological polar surface area (TPSA) is 109 Å². The third-order valence-electron chi connectivity index (χ3n) is 2.46. The summed E-state index contributed by atoms with van der Waals surface area (Å²) >= 11 is 0. The van der Waals surface area contributed by atoms with Gasteiger partial charge in [-0.2, -0.15) is 4.98 Å². The van der Waals surface area contributed by atoms with Gasteiger partial charge < -0.3 is 20.7 Å². The molecule has 0 aromatic carbocycles. The van der Waals surface area contributed by atoms with Gasteiger partial charge in [-0.3, -0.25) is 5.10 Å². The Labute approximate surface area is 92.2 Å². The average molecular weight is 226 g/mol. The fourth-order valence-electron chi connectivity index (χ4n) is 1.67. The van der Waals surface area contributed by atoms with E-state index in [1.165, 1.54) is 7.11 Å². The summed E-state index contributed by atoms with van der Waals surface area (Å²) < 4.78 is 4.67. The fraction of sp³-hybridized carbons (Fsp3) is 0.625. The number of nitrogen functional groups attached to an aromatic ring is 1. The average Bonchev–Trinajstić information content (AvgIpc) is 2.75. The SMILES string of the molecule is COC(=O)N1CCNC(c2nc(N)n[nH]2)C1. The van der Waals surface area contributed by atoms with E-state index in [1.54, 1.807) is 4.90 Å². The van der Waals surface area contributed by atoms with Gasteiger partial charge in [-0.1, -0.05) is 0 Å². The first-order valence-corrected chi connectivity index (χ1v) is 4.94. The van der Waals surface area contributed by atoms with E-state index in [4.69, 9.17) is 5.73 Å². The van der Waals surface area contributed by atoms with Crippen molar-refractivity contribution in [3.63, 3.8) is 0 Å². The molecule has 1 aliphatic rings. The number of nitrogens with two attached hydrogens (primary N) is 1. The molecule has 1 aromatic heterocycles. The first-order valence-electron chi connectivity index (χ1n) is 4.94. The van der Waals surface area contributed by atoms with Crippen LogP contribution in [0.15, 0.2) is 0 Å². The highest BCUT2D eigenvalue weighted by molar-refractivity contribution is 5.67. The number of rotatable bonds is 1. The van der Waals surface area contributed by atoms with Crippen LogP contribution < -0.4 is 11.1 Å². The molecule has 0 radical (unpaired) electrons. The number of aromatic nitrogens is 3. The number of hydrogen-bond acceptors (Lipinski definition) is 6. The smallest absolute Gasteiger partial charge is 0.409 e. The molecule has 2 rings (SSSR count). The van der Waals surface area contributed by atoms with Crippen LogP contribution >= 0.6 is 0 Å². The second-order valence-electron chi connectivity index (χ2n) is 3.50. The molecule has 8 heteroatoms. The van der Waals surface area contributed by atoms with Gasteiger partial charge in [0.2, 0.25) is 5.95 Å². The molecular weight excluding hydrogens is 212 g/mol. The van der Waals surface area contributed by atoms with Crippen LogP contribution in [0.3, 0.4) is 0 Å². The molecule has 1 amide bonds. The van der Waals surface area contributed by atoms with Crippen molar-refractivity contribution in [1.82, 2.24) is 25.4 Å². The van der Waals surface area contributed by atoms with Crippen LogP contribution in [0.4, 0.5) is 10.7 Å². The van der Waals surface area contributed by atoms with Crippen LogP contribution in [-0.2, 0) is 4.74 Å². The fourth-order valence-corrected chi connectivity index (χ4v) is 1.67. The molecule has 1 unspecified atom stereocenters. The molecule has 1 saturated heterocycles. The third kappa shape index (κ3) is 2.06. The van der Waals surface area contributed by atoms with Gasteiger partial charge in [0.15, 0.2) is 0 Å². The highest BCUT2D eigenvalue weighted by Crippen LogP contribution is 2.14. The summed E-state index contributed by atoms with van der Waals surface area (Å²) in [5.74, 6) is 0.832. The molecular formula is C8H14N6O2. The molecule has 88 valence electrons. The second-order valence-corrected chi connectivity index (χ2v) is 3.50. The number of methoxy groups -OCH3 is 1. The van der Waals surface area contributed by atoms with Gasteiger partial charge in [0.25, 0.3) is 0 Å². The molecule has 1 fully saturated rings. The van der Waals surface area contributed by atoms with Crippen LogP contribution in [-0.4, -0.2) is 52.9 Å². The molecule has 0 spiro atoms. The first-order chi connectivity index (χ1) is 7.70. The molecule has 1 aliphatic heterocycles.